The molecule has 8 nitrogen and oxygen atoms in total. The molecule has 2 amide bonds. The molecule has 0 saturated carbocycles. The smallest absolute Gasteiger partial charge is 0.318 e. The lowest BCUT2D eigenvalue weighted by Crippen LogP contribution is -2.53. The van der Waals surface area contributed by atoms with Crippen molar-refractivity contribution in [2.75, 3.05) is 18.5 Å². The Labute approximate surface area is 183 Å². The zero-order chi connectivity index (χ0) is 21.4. The predicted octanol–water partition coefficient (Wildman–Crippen LogP) is 3.54. The molecule has 31 heavy (non-hydrogen) atoms. The van der Waals surface area contributed by atoms with Gasteiger partial charge >= 0.3 is 6.03 Å². The summed E-state index contributed by atoms with van der Waals surface area (Å²) in [6.45, 7) is 1.93. The number of hydrogen-bond acceptors (Lipinski definition) is 7. The summed E-state index contributed by atoms with van der Waals surface area (Å²) in [4.78, 5) is 23.8. The van der Waals surface area contributed by atoms with E-state index in [1.54, 1.807) is 12.4 Å². The van der Waals surface area contributed by atoms with E-state index >= 15 is 0 Å². The second kappa shape index (κ2) is 8.43. The number of urea groups is 1. The standard InChI is InChI=1S/C21H24FN7OS/c1-12-27-28-20(31-12)14-6-13-7-19(25-11-18(13)24-10-14)26-21(30)29-16-2-3-17(29)9-15(8-16)23-5-4-22/h6-7,10-11,15-17,23H,2-5,8-9H2,1H3,(H,25,26,30)/t15?,16-,17+. The fourth-order valence-corrected chi connectivity index (χ4v) is 5.41. The molecular weight excluding hydrogens is 417 g/mol. The Morgan fingerprint density at radius 3 is 2.71 bits per heavy atom. The summed E-state index contributed by atoms with van der Waals surface area (Å²) in [6.07, 6.45) is 7.15. The molecule has 2 aliphatic heterocycles. The fourth-order valence-electron chi connectivity index (χ4n) is 4.74. The number of nitrogens with one attached hydrogen (secondary N) is 2. The molecule has 0 radical (unpaired) electrons. The van der Waals surface area contributed by atoms with E-state index in [4.69, 9.17) is 0 Å². The van der Waals surface area contributed by atoms with Gasteiger partial charge in [-0.1, -0.05) is 11.3 Å². The normalized spacial score (nSPS) is 22.8. The number of rotatable bonds is 5. The van der Waals surface area contributed by atoms with Crippen LogP contribution in [0.1, 0.15) is 30.7 Å². The number of alkyl halides is 1. The first-order valence-corrected chi connectivity index (χ1v) is 11.4. The number of anilines is 1. The van der Waals surface area contributed by atoms with E-state index < -0.39 is 0 Å². The molecule has 3 aromatic heterocycles. The molecule has 0 aromatic carbocycles. The lowest BCUT2D eigenvalue weighted by molar-refractivity contribution is 0.141. The molecule has 1 unspecified atom stereocenters. The van der Waals surface area contributed by atoms with Crippen molar-refractivity contribution in [3.63, 3.8) is 0 Å². The van der Waals surface area contributed by atoms with Crippen molar-refractivity contribution in [1.29, 1.82) is 0 Å². The highest BCUT2D eigenvalue weighted by atomic mass is 32.1. The number of fused-ring (bicyclic) bond motifs is 3. The van der Waals surface area contributed by atoms with Gasteiger partial charge in [-0.15, -0.1) is 10.2 Å². The van der Waals surface area contributed by atoms with Gasteiger partial charge in [0, 0.05) is 41.8 Å². The van der Waals surface area contributed by atoms with E-state index in [1.165, 1.54) is 11.3 Å². The summed E-state index contributed by atoms with van der Waals surface area (Å²) >= 11 is 1.52. The number of carbonyl (C=O) groups is 1. The van der Waals surface area contributed by atoms with Gasteiger partial charge in [0.15, 0.2) is 0 Å². The molecule has 2 saturated heterocycles. The second-order valence-corrected chi connectivity index (χ2v) is 9.33. The highest BCUT2D eigenvalue weighted by molar-refractivity contribution is 7.14. The molecule has 10 heteroatoms. The summed E-state index contributed by atoms with van der Waals surface area (Å²) in [5.74, 6) is 0.502. The molecule has 0 aliphatic carbocycles. The highest BCUT2D eigenvalue weighted by Gasteiger charge is 2.43. The second-order valence-electron chi connectivity index (χ2n) is 8.15. The van der Waals surface area contributed by atoms with Gasteiger partial charge in [-0.3, -0.25) is 10.3 Å². The van der Waals surface area contributed by atoms with Crippen LogP contribution in [0.3, 0.4) is 0 Å². The SMILES string of the molecule is Cc1nnc(-c2cnc3cnc(NC(=O)N4[C@@H]5CC[C@H]4CC(NCCF)C5)cc3c2)s1. The Hall–Kier alpha value is -2.72. The molecular formula is C21H24FN7OS. The zero-order valence-corrected chi connectivity index (χ0v) is 18.0. The number of amides is 2. The van der Waals surface area contributed by atoms with Crippen LogP contribution in [0, 0.1) is 6.92 Å². The van der Waals surface area contributed by atoms with Gasteiger partial charge in [0.05, 0.1) is 11.7 Å². The van der Waals surface area contributed by atoms with Crippen molar-refractivity contribution in [1.82, 2.24) is 30.4 Å². The first-order chi connectivity index (χ1) is 15.1. The molecule has 2 aliphatic rings. The van der Waals surface area contributed by atoms with Gasteiger partial charge in [-0.05, 0) is 44.7 Å². The first kappa shape index (κ1) is 20.2. The molecule has 2 N–H and O–H groups in total. The van der Waals surface area contributed by atoms with Gasteiger partial charge in [0.25, 0.3) is 0 Å². The van der Waals surface area contributed by atoms with E-state index in [0.29, 0.717) is 12.4 Å². The van der Waals surface area contributed by atoms with Crippen molar-refractivity contribution in [3.8, 4) is 10.6 Å². The number of halogens is 1. The van der Waals surface area contributed by atoms with Crippen LogP contribution in [-0.2, 0) is 0 Å². The fraction of sp³-hybridized carbons (Fsp3) is 0.476. The average molecular weight is 442 g/mol. The van der Waals surface area contributed by atoms with Gasteiger partial charge in [0.1, 0.15) is 22.5 Å². The Balaban J connectivity index is 1.31. The summed E-state index contributed by atoms with van der Waals surface area (Å²) in [5.41, 5.74) is 1.64. The number of nitrogens with zero attached hydrogens (tertiary/aromatic N) is 5. The maximum absolute atomic E-state index is 13.0. The molecule has 3 aromatic rings. The van der Waals surface area contributed by atoms with E-state index in [1.807, 2.05) is 24.0 Å². The summed E-state index contributed by atoms with van der Waals surface area (Å²) in [6, 6.07) is 4.37. The van der Waals surface area contributed by atoms with Crippen LogP contribution < -0.4 is 10.6 Å². The van der Waals surface area contributed by atoms with Crippen LogP contribution in [-0.4, -0.2) is 62.4 Å². The minimum absolute atomic E-state index is 0.118. The van der Waals surface area contributed by atoms with Crippen molar-refractivity contribution in [3.05, 3.63) is 29.5 Å². The predicted molar refractivity (Wildman–Crippen MR) is 118 cm³/mol. The molecule has 5 heterocycles. The van der Waals surface area contributed by atoms with E-state index in [2.05, 4.69) is 30.8 Å². The van der Waals surface area contributed by atoms with Crippen LogP contribution in [0.2, 0.25) is 0 Å². The number of aryl methyl sites for hydroxylation is 1. The highest BCUT2D eigenvalue weighted by Crippen LogP contribution is 2.36. The first-order valence-electron chi connectivity index (χ1n) is 10.6. The van der Waals surface area contributed by atoms with Crippen molar-refractivity contribution >= 4 is 34.1 Å². The van der Waals surface area contributed by atoms with Crippen LogP contribution in [0.25, 0.3) is 21.5 Å². The summed E-state index contributed by atoms with van der Waals surface area (Å²) in [7, 11) is 0. The van der Waals surface area contributed by atoms with Gasteiger partial charge in [0.2, 0.25) is 0 Å². The Kier molecular flexibility index (Phi) is 5.49. The maximum atomic E-state index is 13.0. The van der Waals surface area contributed by atoms with Crippen molar-refractivity contribution in [2.45, 2.75) is 50.7 Å². The van der Waals surface area contributed by atoms with Gasteiger partial charge in [-0.25, -0.2) is 14.2 Å². The third-order valence-electron chi connectivity index (χ3n) is 6.07. The third-order valence-corrected chi connectivity index (χ3v) is 6.96. The summed E-state index contributed by atoms with van der Waals surface area (Å²) < 4.78 is 12.5. The minimum Gasteiger partial charge on any atom is -0.318 e. The minimum atomic E-state index is -0.362. The van der Waals surface area contributed by atoms with Crippen LogP contribution in [0.4, 0.5) is 15.0 Å². The molecule has 162 valence electrons. The quantitative estimate of drug-likeness (QED) is 0.629. The van der Waals surface area contributed by atoms with Gasteiger partial charge < -0.3 is 10.2 Å². The van der Waals surface area contributed by atoms with Crippen LogP contribution in [0.5, 0.6) is 0 Å². The molecule has 5 rings (SSSR count). The van der Waals surface area contributed by atoms with E-state index in [-0.39, 0.29) is 30.8 Å². The molecule has 2 bridgehead atoms. The number of piperidine rings is 1. The molecule has 0 spiro atoms. The average Bonchev–Trinajstić information content (AvgIpc) is 3.32. The maximum Gasteiger partial charge on any atom is 0.323 e. The Bertz CT molecular complexity index is 1090. The number of pyridine rings is 2. The monoisotopic (exact) mass is 441 g/mol. The lowest BCUT2D eigenvalue weighted by atomic mass is 9.97. The van der Waals surface area contributed by atoms with Crippen molar-refractivity contribution < 1.29 is 9.18 Å². The van der Waals surface area contributed by atoms with Gasteiger partial charge in [-0.2, -0.15) is 0 Å². The van der Waals surface area contributed by atoms with Crippen LogP contribution >= 0.6 is 11.3 Å². The zero-order valence-electron chi connectivity index (χ0n) is 17.2. The van der Waals surface area contributed by atoms with Crippen molar-refractivity contribution in [2.24, 2.45) is 0 Å². The lowest BCUT2D eigenvalue weighted by Gasteiger charge is -2.39. The van der Waals surface area contributed by atoms with E-state index in [0.717, 1.165) is 52.2 Å². The van der Waals surface area contributed by atoms with E-state index in [9.17, 15) is 9.18 Å². The van der Waals surface area contributed by atoms with Crippen LogP contribution in [0.15, 0.2) is 24.5 Å². The Morgan fingerprint density at radius 1 is 1.19 bits per heavy atom. The number of aromatic nitrogens is 4. The number of carbonyl (C=O) groups excluding carboxylic acids is 1. The topological polar surface area (TPSA) is 95.9 Å². The molecule has 3 atom stereocenters. The Morgan fingerprint density at radius 2 is 2.00 bits per heavy atom. The number of hydrogen-bond donors (Lipinski definition) is 2. The largest absolute Gasteiger partial charge is 0.323 e. The third kappa shape index (κ3) is 4.09. The molecule has 2 fully saturated rings. The summed E-state index contributed by atoms with van der Waals surface area (Å²) in [5, 5.41) is 17.1.